The second-order valence-electron chi connectivity index (χ2n) is 19.8. The zero-order valence-corrected chi connectivity index (χ0v) is 42.5. The average Bonchev–Trinajstić information content (AvgIpc) is 4.04. The van der Waals surface area contributed by atoms with Gasteiger partial charge in [-0.3, -0.25) is 33.6 Å². The van der Waals surface area contributed by atoms with Crippen molar-refractivity contribution in [2.75, 3.05) is 32.8 Å². The lowest BCUT2D eigenvalue weighted by Crippen LogP contribution is -2.61. The van der Waals surface area contributed by atoms with Crippen LogP contribution in [0.2, 0.25) is 0 Å². The summed E-state index contributed by atoms with van der Waals surface area (Å²) in [5.74, 6) is -3.62. The van der Waals surface area contributed by atoms with Crippen molar-refractivity contribution in [2.24, 2.45) is 11.5 Å². The van der Waals surface area contributed by atoms with Crippen LogP contribution in [0.5, 0.6) is 11.5 Å². The number of aromatic hydroxyl groups is 1. The Kier molecular flexibility index (Phi) is 21.2. The highest BCUT2D eigenvalue weighted by atomic mass is 16.5. The average molecular weight is 1010 g/mol. The number of amides is 7. The first kappa shape index (κ1) is 56.0. The highest BCUT2D eigenvalue weighted by molar-refractivity contribution is 6.02. The minimum Gasteiger partial charge on any atom is -0.508 e. The molecule has 0 bridgehead atoms. The number of phenolic OH excluding ortho intramolecular Hbond substituents is 1. The molecule has 3 saturated heterocycles. The van der Waals surface area contributed by atoms with Gasteiger partial charge in [0.2, 0.25) is 35.4 Å². The van der Waals surface area contributed by atoms with E-state index in [9.17, 15) is 43.8 Å². The predicted octanol–water partition coefficient (Wildman–Crippen LogP) is 2.81. The molecule has 3 aliphatic heterocycles. The van der Waals surface area contributed by atoms with Crippen molar-refractivity contribution in [1.29, 1.82) is 0 Å². The van der Waals surface area contributed by atoms with Gasteiger partial charge in [-0.25, -0.2) is 0 Å². The number of nitrogens with zero attached hydrogens (tertiary/aromatic N) is 2. The normalized spacial score (nSPS) is 24.2. The molecule has 6 rings (SSSR count). The number of carbonyl (C=O) groups is 7. The van der Waals surface area contributed by atoms with Gasteiger partial charge >= 0.3 is 0 Å². The molecular formula is C54H77N9O10. The minimum absolute atomic E-state index is 0.00614. The molecule has 11 N–H and O–H groups in total. The molecule has 3 heterocycles. The van der Waals surface area contributed by atoms with Gasteiger partial charge in [0.25, 0.3) is 5.91 Å². The van der Waals surface area contributed by atoms with Crippen LogP contribution in [-0.4, -0.2) is 143 Å². The van der Waals surface area contributed by atoms with Crippen LogP contribution in [0.25, 0.3) is 10.8 Å². The summed E-state index contributed by atoms with van der Waals surface area (Å²) in [5.41, 5.74) is 13.2. The summed E-state index contributed by atoms with van der Waals surface area (Å²) in [4.78, 5) is 102. The van der Waals surface area contributed by atoms with Gasteiger partial charge in [-0.1, -0.05) is 63.3 Å². The lowest BCUT2D eigenvalue weighted by Gasteiger charge is -2.32. The van der Waals surface area contributed by atoms with E-state index in [0.29, 0.717) is 32.4 Å². The van der Waals surface area contributed by atoms with Crippen LogP contribution in [0.15, 0.2) is 60.7 Å². The topological polar surface area (TPSA) is 288 Å². The highest BCUT2D eigenvalue weighted by Gasteiger charge is 2.43. The fourth-order valence-corrected chi connectivity index (χ4v) is 9.89. The molecule has 3 aromatic carbocycles. The van der Waals surface area contributed by atoms with Crippen LogP contribution >= 0.6 is 0 Å². The number of fused-ring (bicyclic) bond motifs is 3. The van der Waals surface area contributed by atoms with E-state index in [1.807, 2.05) is 18.2 Å². The molecule has 3 aliphatic rings. The molecule has 7 amide bonds. The molecule has 0 spiro atoms. The maximum Gasteiger partial charge on any atom is 0.251 e. The van der Waals surface area contributed by atoms with Crippen molar-refractivity contribution in [2.45, 2.75) is 165 Å². The van der Waals surface area contributed by atoms with Crippen LogP contribution < -0.4 is 42.8 Å². The second-order valence-corrected chi connectivity index (χ2v) is 19.8. The third kappa shape index (κ3) is 15.8. The standard InChI is InChI=1S/C54H77N9O10/c1-3-4-5-6-7-10-29-73-41-24-21-36-30-38(20-19-37(36)31-41)48(66)58-42-14-11-27-57-51(69)46-32-39(56)33-63(46)53(71)44(13-8-9-26-55)60-49(67)43(25-18-35-16-22-40(65)23-17-35)59-52(70)45-15-12-28-62(45)54(72)47(34(2)64)61-50(42)68/h16-17,19-24,30-31,34,39,42-47,64-65H,3-15,18,25-29,32-33,55-56H2,1-2H3,(H,57,69)(H,58,66)(H,59,70)(H,60,67)(H,61,68)/t34?,39?,42-,43-,44-,45-,46-,47-/m0/s1. The molecule has 0 radical (unpaired) electrons. The number of phenols is 1. The third-order valence-corrected chi connectivity index (χ3v) is 14.1. The first-order valence-corrected chi connectivity index (χ1v) is 26.4. The summed E-state index contributed by atoms with van der Waals surface area (Å²) in [5, 5.41) is 36.6. The third-order valence-electron chi connectivity index (χ3n) is 14.1. The summed E-state index contributed by atoms with van der Waals surface area (Å²) in [6.07, 6.45) is 7.99. The monoisotopic (exact) mass is 1010 g/mol. The molecule has 0 aromatic heterocycles. The summed E-state index contributed by atoms with van der Waals surface area (Å²) in [6, 6.07) is 9.49. The highest BCUT2D eigenvalue weighted by Crippen LogP contribution is 2.25. The lowest BCUT2D eigenvalue weighted by molar-refractivity contribution is -0.144. The Bertz CT molecular complexity index is 2370. The van der Waals surface area contributed by atoms with Gasteiger partial charge in [0.05, 0.1) is 12.7 Å². The van der Waals surface area contributed by atoms with Crippen LogP contribution in [0.4, 0.5) is 0 Å². The molecule has 8 atom stereocenters. The van der Waals surface area contributed by atoms with E-state index >= 15 is 0 Å². The molecule has 0 aliphatic carbocycles. The van der Waals surface area contributed by atoms with E-state index in [4.69, 9.17) is 16.2 Å². The van der Waals surface area contributed by atoms with Gasteiger partial charge < -0.3 is 62.8 Å². The van der Waals surface area contributed by atoms with Crippen molar-refractivity contribution >= 4 is 52.1 Å². The Morgan fingerprint density at radius 1 is 0.767 bits per heavy atom. The molecule has 19 heteroatoms. The van der Waals surface area contributed by atoms with E-state index in [0.717, 1.165) is 34.9 Å². The largest absolute Gasteiger partial charge is 0.508 e. The van der Waals surface area contributed by atoms with Crippen molar-refractivity contribution in [3.8, 4) is 11.5 Å². The molecule has 0 saturated carbocycles. The van der Waals surface area contributed by atoms with Gasteiger partial charge in [0.15, 0.2) is 0 Å². The van der Waals surface area contributed by atoms with Crippen molar-refractivity contribution in [3.05, 3.63) is 71.8 Å². The van der Waals surface area contributed by atoms with Gasteiger partial charge in [0.1, 0.15) is 47.8 Å². The number of unbranched alkanes of at least 4 members (excludes halogenated alkanes) is 6. The first-order valence-electron chi connectivity index (χ1n) is 26.4. The Morgan fingerprint density at radius 2 is 1.49 bits per heavy atom. The van der Waals surface area contributed by atoms with Gasteiger partial charge in [-0.2, -0.15) is 0 Å². The van der Waals surface area contributed by atoms with E-state index < -0.39 is 89.7 Å². The molecule has 2 unspecified atom stereocenters. The maximum atomic E-state index is 14.5. The SMILES string of the molecule is CCCCCCCCOc1ccc2cc(C(=O)N[C@H]3CCCNC(=O)[C@@H]4CC(N)CN4C(=O)[C@H](CCCCN)NC(=O)[C@H](CCc4ccc(O)cc4)NC(=O)[C@@H]4CCCN4C(=O)[C@H](C(C)O)NC3=O)ccc2c1. The number of rotatable bonds is 18. The number of hydrogen-bond acceptors (Lipinski definition) is 12. The molecule has 398 valence electrons. The first-order chi connectivity index (χ1) is 35.2. The molecule has 73 heavy (non-hydrogen) atoms. The number of ether oxygens (including phenoxy) is 1. The number of nitrogens with two attached hydrogens (primary N) is 2. The predicted molar refractivity (Wildman–Crippen MR) is 276 cm³/mol. The number of carbonyl (C=O) groups excluding carboxylic acids is 7. The van der Waals surface area contributed by atoms with Crippen molar-refractivity contribution in [1.82, 2.24) is 36.4 Å². The lowest BCUT2D eigenvalue weighted by atomic mass is 10.0. The van der Waals surface area contributed by atoms with Gasteiger partial charge in [0, 0.05) is 31.2 Å². The minimum atomic E-state index is -1.53. The second kappa shape index (κ2) is 27.7. The van der Waals surface area contributed by atoms with Crippen LogP contribution in [0.3, 0.4) is 0 Å². The Morgan fingerprint density at radius 3 is 2.25 bits per heavy atom. The molecule has 3 fully saturated rings. The van der Waals surface area contributed by atoms with Crippen molar-refractivity contribution < 1.29 is 48.5 Å². The van der Waals surface area contributed by atoms with Crippen molar-refractivity contribution in [3.63, 3.8) is 0 Å². The number of aliphatic hydroxyl groups excluding tert-OH is 1. The quantitative estimate of drug-likeness (QED) is 0.0833. The summed E-state index contributed by atoms with van der Waals surface area (Å²) in [6.45, 7) is 4.68. The summed E-state index contributed by atoms with van der Waals surface area (Å²) in [7, 11) is 0. The number of benzene rings is 3. The summed E-state index contributed by atoms with van der Waals surface area (Å²) >= 11 is 0. The van der Waals surface area contributed by atoms with Gasteiger partial charge in [-0.15, -0.1) is 0 Å². The number of nitrogens with one attached hydrogen (secondary N) is 5. The Hall–Kier alpha value is -6.31. The van der Waals surface area contributed by atoms with E-state index in [-0.39, 0.29) is 75.9 Å². The number of aryl methyl sites for hydroxylation is 1. The molecule has 3 aromatic rings. The zero-order valence-electron chi connectivity index (χ0n) is 42.5. The smallest absolute Gasteiger partial charge is 0.251 e. The number of aliphatic hydroxyl groups is 1. The maximum absolute atomic E-state index is 14.5. The number of hydrogen-bond donors (Lipinski definition) is 9. The van der Waals surface area contributed by atoms with Gasteiger partial charge in [-0.05, 0) is 137 Å². The van der Waals surface area contributed by atoms with E-state index in [1.165, 1.54) is 54.5 Å². The Balaban J connectivity index is 1.25. The fraction of sp³-hybridized carbons (Fsp3) is 0.574. The molecule has 19 nitrogen and oxygen atoms in total. The summed E-state index contributed by atoms with van der Waals surface area (Å²) < 4.78 is 6.01. The fourth-order valence-electron chi connectivity index (χ4n) is 9.89. The van der Waals surface area contributed by atoms with Crippen LogP contribution in [-0.2, 0) is 35.2 Å². The van der Waals surface area contributed by atoms with E-state index in [1.54, 1.807) is 30.3 Å². The van der Waals surface area contributed by atoms with Crippen LogP contribution in [0.1, 0.15) is 126 Å². The van der Waals surface area contributed by atoms with Crippen LogP contribution in [0, 0.1) is 0 Å². The molecular weight excluding hydrogens is 935 g/mol. The Labute approximate surface area is 428 Å². The zero-order chi connectivity index (χ0) is 52.4. The van der Waals surface area contributed by atoms with E-state index in [2.05, 4.69) is 33.5 Å².